The Bertz CT molecular complexity index is 2030. The van der Waals surface area contributed by atoms with Crippen molar-refractivity contribution < 1.29 is 27.7 Å². The Morgan fingerprint density at radius 2 is 1.30 bits per heavy atom. The number of phosphoric ester groups is 1. The van der Waals surface area contributed by atoms with Crippen molar-refractivity contribution in [2.75, 3.05) is 5.32 Å². The second-order valence-electron chi connectivity index (χ2n) is 16.6. The highest BCUT2D eigenvalue weighted by atomic mass is 31.2. The minimum absolute atomic E-state index is 0.0558. The van der Waals surface area contributed by atoms with Crippen LogP contribution in [0.25, 0.3) is 0 Å². The molecule has 1 atom stereocenters. The van der Waals surface area contributed by atoms with Gasteiger partial charge in [-0.3, -0.25) is 18.4 Å². The lowest BCUT2D eigenvalue weighted by molar-refractivity contribution is -0.116. The SMILES string of the molecule is CC(C)(C)c1ccc(CCC(CC2CCCCC2)OP(=O)(OCc2ccccc2)OCc2ccccc2)cc1NC(=O)CC1c2ccccc2Oc2ccccc21. The third-order valence-corrected chi connectivity index (χ3v) is 12.6. The molecular weight excluding hydrogens is 730 g/mol. The number of rotatable bonds is 16. The minimum atomic E-state index is -3.98. The molecular formula is C49H56NO6P. The van der Waals surface area contributed by atoms with E-state index in [1.54, 1.807) is 0 Å². The van der Waals surface area contributed by atoms with Gasteiger partial charge < -0.3 is 10.1 Å². The van der Waals surface area contributed by atoms with Crippen LogP contribution in [0, 0.1) is 5.92 Å². The highest BCUT2D eigenvalue weighted by molar-refractivity contribution is 7.48. The van der Waals surface area contributed by atoms with Gasteiger partial charge in [0.15, 0.2) is 0 Å². The van der Waals surface area contributed by atoms with E-state index in [0.717, 1.165) is 69.8 Å². The summed E-state index contributed by atoms with van der Waals surface area (Å²) in [6.45, 7) is 6.73. The third-order valence-electron chi connectivity index (χ3n) is 11.2. The number of amides is 1. The summed E-state index contributed by atoms with van der Waals surface area (Å²) >= 11 is 0. The van der Waals surface area contributed by atoms with Crippen molar-refractivity contribution in [2.24, 2.45) is 5.92 Å². The summed E-state index contributed by atoms with van der Waals surface area (Å²) in [5.41, 5.74) is 6.56. The van der Waals surface area contributed by atoms with Gasteiger partial charge in [-0.1, -0.05) is 162 Å². The number of phosphoric acid groups is 1. The van der Waals surface area contributed by atoms with Gasteiger partial charge in [0.1, 0.15) is 11.5 Å². The van der Waals surface area contributed by atoms with E-state index in [-0.39, 0.29) is 43.0 Å². The first kappa shape index (κ1) is 40.7. The molecule has 1 unspecified atom stereocenters. The second-order valence-corrected chi connectivity index (χ2v) is 18.2. The van der Waals surface area contributed by atoms with Crippen molar-refractivity contribution in [3.8, 4) is 11.5 Å². The number of hydrogen-bond acceptors (Lipinski definition) is 6. The van der Waals surface area contributed by atoms with Gasteiger partial charge in [0.2, 0.25) is 5.91 Å². The van der Waals surface area contributed by atoms with Gasteiger partial charge in [0.25, 0.3) is 0 Å². The zero-order valence-electron chi connectivity index (χ0n) is 33.5. The predicted molar refractivity (Wildman–Crippen MR) is 228 cm³/mol. The molecule has 1 saturated carbocycles. The van der Waals surface area contributed by atoms with E-state index in [1.807, 2.05) is 97.1 Å². The Kier molecular flexibility index (Phi) is 13.4. The van der Waals surface area contributed by atoms with Crippen LogP contribution in [0.15, 0.2) is 127 Å². The van der Waals surface area contributed by atoms with Crippen LogP contribution >= 0.6 is 7.82 Å². The van der Waals surface area contributed by atoms with Crippen molar-refractivity contribution in [1.82, 2.24) is 0 Å². The summed E-state index contributed by atoms with van der Waals surface area (Å²) in [6.07, 6.45) is 7.94. The molecule has 2 aliphatic rings. The molecule has 1 amide bonds. The Hall–Kier alpha value is -4.52. The lowest BCUT2D eigenvalue weighted by Gasteiger charge is -2.29. The van der Waals surface area contributed by atoms with E-state index in [1.165, 1.54) is 19.3 Å². The van der Waals surface area contributed by atoms with Crippen LogP contribution in [0.4, 0.5) is 5.69 Å². The van der Waals surface area contributed by atoms with Gasteiger partial charge in [-0.05, 0) is 71.0 Å². The number of aryl methyl sites for hydroxylation is 1. The van der Waals surface area contributed by atoms with Crippen LogP contribution in [0.5, 0.6) is 11.5 Å². The van der Waals surface area contributed by atoms with Crippen molar-refractivity contribution in [3.63, 3.8) is 0 Å². The average molecular weight is 786 g/mol. The number of carbonyl (C=O) groups excluding carboxylic acids is 1. The van der Waals surface area contributed by atoms with Gasteiger partial charge in [-0.2, -0.15) is 0 Å². The monoisotopic (exact) mass is 785 g/mol. The van der Waals surface area contributed by atoms with E-state index in [0.29, 0.717) is 18.8 Å². The number of ether oxygens (including phenoxy) is 1. The topological polar surface area (TPSA) is 83.1 Å². The molecule has 1 N–H and O–H groups in total. The molecule has 57 heavy (non-hydrogen) atoms. The van der Waals surface area contributed by atoms with Crippen molar-refractivity contribution in [1.29, 1.82) is 0 Å². The van der Waals surface area contributed by atoms with E-state index >= 15 is 0 Å². The molecule has 298 valence electrons. The lowest BCUT2D eigenvalue weighted by atomic mass is 9.83. The quantitative estimate of drug-likeness (QED) is 0.100. The Morgan fingerprint density at radius 1 is 0.737 bits per heavy atom. The number of benzene rings is 5. The van der Waals surface area contributed by atoms with E-state index < -0.39 is 7.82 Å². The third kappa shape index (κ3) is 11.1. The van der Waals surface area contributed by atoms with Crippen LogP contribution < -0.4 is 10.1 Å². The number of para-hydroxylation sites is 2. The Labute approximate surface area is 338 Å². The van der Waals surface area contributed by atoms with E-state index in [9.17, 15) is 9.36 Å². The molecule has 0 radical (unpaired) electrons. The largest absolute Gasteiger partial charge is 0.475 e. The minimum Gasteiger partial charge on any atom is -0.457 e. The predicted octanol–water partition coefficient (Wildman–Crippen LogP) is 13.1. The zero-order chi connectivity index (χ0) is 39.7. The Morgan fingerprint density at radius 3 is 1.88 bits per heavy atom. The number of nitrogens with one attached hydrogen (secondary N) is 1. The van der Waals surface area contributed by atoms with E-state index in [4.69, 9.17) is 18.3 Å². The normalized spacial score (nSPS) is 15.3. The van der Waals surface area contributed by atoms with Gasteiger partial charge in [0, 0.05) is 29.2 Å². The van der Waals surface area contributed by atoms with Gasteiger partial charge in [-0.15, -0.1) is 0 Å². The summed E-state index contributed by atoms with van der Waals surface area (Å²) in [7, 11) is -3.98. The maximum absolute atomic E-state index is 14.5. The molecule has 1 aliphatic carbocycles. The summed E-state index contributed by atoms with van der Waals surface area (Å²) < 4.78 is 39.5. The summed E-state index contributed by atoms with van der Waals surface area (Å²) in [5.74, 6) is 1.88. The molecule has 0 bridgehead atoms. The lowest BCUT2D eigenvalue weighted by Crippen LogP contribution is -2.22. The first-order valence-electron chi connectivity index (χ1n) is 20.6. The average Bonchev–Trinajstić information content (AvgIpc) is 3.22. The fourth-order valence-electron chi connectivity index (χ4n) is 8.19. The molecule has 0 spiro atoms. The standard InChI is InChI=1S/C49H56NO6P/c1-49(2,3)44-30-28-37(32-45(44)50-48(51)33-43-41-23-13-15-25-46(41)55-47-26-16-14-24-42(43)47)27-29-40(31-36-17-7-4-8-18-36)56-57(52,53-34-38-19-9-5-10-20-38)54-35-39-21-11-6-12-22-39/h5-6,9-16,19-26,28,30,32,36,40,43H,4,7-8,17-18,27,29,31,33-35H2,1-3H3,(H,50,51). The maximum Gasteiger partial charge on any atom is 0.475 e. The molecule has 7 nitrogen and oxygen atoms in total. The molecule has 1 fully saturated rings. The molecule has 1 aliphatic heterocycles. The summed E-state index contributed by atoms with van der Waals surface area (Å²) in [4.78, 5) is 14.0. The molecule has 0 aromatic heterocycles. The fraction of sp³-hybridized carbons (Fsp3) is 0.367. The number of fused-ring (bicyclic) bond motifs is 2. The molecule has 0 saturated heterocycles. The molecule has 5 aromatic rings. The van der Waals surface area contributed by atoms with Gasteiger partial charge in [0.05, 0.1) is 19.3 Å². The van der Waals surface area contributed by atoms with Crippen LogP contribution in [0.2, 0.25) is 0 Å². The second kappa shape index (κ2) is 18.8. The zero-order valence-corrected chi connectivity index (χ0v) is 34.4. The molecule has 7 rings (SSSR count). The Balaban J connectivity index is 1.10. The maximum atomic E-state index is 14.5. The van der Waals surface area contributed by atoms with Gasteiger partial charge in [-0.25, -0.2) is 4.57 Å². The van der Waals surface area contributed by atoms with Crippen LogP contribution in [0.3, 0.4) is 0 Å². The summed E-state index contributed by atoms with van der Waals surface area (Å²) in [5, 5.41) is 3.33. The van der Waals surface area contributed by atoms with Crippen molar-refractivity contribution in [2.45, 2.75) is 109 Å². The first-order valence-corrected chi connectivity index (χ1v) is 22.0. The highest BCUT2D eigenvalue weighted by Crippen LogP contribution is 2.53. The van der Waals surface area contributed by atoms with E-state index in [2.05, 4.69) is 56.4 Å². The van der Waals surface area contributed by atoms with Crippen molar-refractivity contribution in [3.05, 3.63) is 161 Å². The summed E-state index contributed by atoms with van der Waals surface area (Å²) in [6, 6.07) is 41.8. The van der Waals surface area contributed by atoms with Crippen LogP contribution in [-0.4, -0.2) is 12.0 Å². The van der Waals surface area contributed by atoms with Crippen molar-refractivity contribution >= 4 is 19.4 Å². The number of hydrogen-bond donors (Lipinski definition) is 1. The first-order chi connectivity index (χ1) is 27.6. The van der Waals surface area contributed by atoms with Crippen LogP contribution in [0.1, 0.15) is 111 Å². The van der Waals surface area contributed by atoms with Crippen LogP contribution in [-0.2, 0) is 48.0 Å². The molecule has 5 aromatic carbocycles. The highest BCUT2D eigenvalue weighted by Gasteiger charge is 2.34. The molecule has 8 heteroatoms. The number of anilines is 1. The molecule has 1 heterocycles. The smallest absolute Gasteiger partial charge is 0.457 e. The fourth-order valence-corrected chi connectivity index (χ4v) is 9.56. The number of carbonyl (C=O) groups is 1. The van der Waals surface area contributed by atoms with Gasteiger partial charge >= 0.3 is 7.82 Å².